The molecule has 0 aliphatic heterocycles. The number of rotatable bonds is 3. The van der Waals surface area contributed by atoms with Gasteiger partial charge in [-0.15, -0.1) is 0 Å². The lowest BCUT2D eigenvalue weighted by Gasteiger charge is -2.12. The Labute approximate surface area is 83.2 Å². The fraction of sp³-hybridized carbons (Fsp3) is 0.800. The molecule has 1 N–H and O–H groups in total. The summed E-state index contributed by atoms with van der Waals surface area (Å²) < 4.78 is 0. The first-order valence-electron chi connectivity index (χ1n) is 5.14. The highest BCUT2D eigenvalue weighted by atomic mass is 16.7. The molecule has 0 saturated heterocycles. The van der Waals surface area contributed by atoms with Crippen molar-refractivity contribution in [3.8, 4) is 6.07 Å². The van der Waals surface area contributed by atoms with Crippen LogP contribution in [0.5, 0.6) is 0 Å². The van der Waals surface area contributed by atoms with Gasteiger partial charge in [0.05, 0.1) is 12.2 Å². The molecule has 0 heterocycles. The monoisotopic (exact) mass is 194 g/mol. The molecule has 2 fully saturated rings. The van der Waals surface area contributed by atoms with Gasteiger partial charge < -0.3 is 0 Å². The van der Waals surface area contributed by atoms with E-state index in [0.29, 0.717) is 12.8 Å². The summed E-state index contributed by atoms with van der Waals surface area (Å²) in [6.07, 6.45) is 5.87. The number of nitrogens with one attached hydrogen (secondary N) is 1. The maximum absolute atomic E-state index is 11.5. The number of amides is 1. The van der Waals surface area contributed by atoms with E-state index < -0.39 is 5.41 Å². The minimum Gasteiger partial charge on any atom is -0.271 e. The predicted molar refractivity (Wildman–Crippen MR) is 48.8 cm³/mol. The molecule has 0 atom stereocenters. The Morgan fingerprint density at radius 1 is 1.43 bits per heavy atom. The number of carbonyl (C=O) groups excluding carboxylic acids is 1. The van der Waals surface area contributed by atoms with Crippen LogP contribution in [0, 0.1) is 16.7 Å². The minimum atomic E-state index is -0.765. The molecular formula is C10H14N2O2. The van der Waals surface area contributed by atoms with Gasteiger partial charge in [0.25, 0.3) is 5.91 Å². The minimum absolute atomic E-state index is 0.161. The second-order valence-electron chi connectivity index (χ2n) is 4.15. The average Bonchev–Trinajstić information content (AvgIpc) is 2.84. The first-order chi connectivity index (χ1) is 6.77. The fourth-order valence-electron chi connectivity index (χ4n) is 1.76. The van der Waals surface area contributed by atoms with Gasteiger partial charge in [-0.05, 0) is 25.7 Å². The van der Waals surface area contributed by atoms with Crippen LogP contribution < -0.4 is 5.48 Å². The molecule has 0 bridgehead atoms. The molecule has 0 aromatic carbocycles. The van der Waals surface area contributed by atoms with Crippen LogP contribution in [-0.4, -0.2) is 12.0 Å². The van der Waals surface area contributed by atoms with E-state index in [1.54, 1.807) is 0 Å². The SMILES string of the molecule is N#CC1(C(=O)NOC2CCCC2)CC1. The Hall–Kier alpha value is -1.08. The van der Waals surface area contributed by atoms with Gasteiger partial charge in [0, 0.05) is 0 Å². The Morgan fingerprint density at radius 2 is 2.07 bits per heavy atom. The summed E-state index contributed by atoms with van der Waals surface area (Å²) in [5.74, 6) is -0.257. The molecule has 0 unspecified atom stereocenters. The van der Waals surface area contributed by atoms with E-state index in [1.165, 1.54) is 12.8 Å². The van der Waals surface area contributed by atoms with E-state index in [1.807, 2.05) is 6.07 Å². The van der Waals surface area contributed by atoms with E-state index in [2.05, 4.69) is 5.48 Å². The third-order valence-corrected chi connectivity index (χ3v) is 3.02. The zero-order valence-electron chi connectivity index (χ0n) is 8.08. The first kappa shape index (κ1) is 9.47. The predicted octanol–water partition coefficient (Wildman–Crippen LogP) is 1.28. The Balaban J connectivity index is 1.75. The zero-order valence-corrected chi connectivity index (χ0v) is 8.08. The highest BCUT2D eigenvalue weighted by Crippen LogP contribution is 2.45. The van der Waals surface area contributed by atoms with Crippen molar-refractivity contribution in [3.05, 3.63) is 0 Å². The van der Waals surface area contributed by atoms with Gasteiger partial charge in [-0.3, -0.25) is 9.63 Å². The van der Waals surface area contributed by atoms with Gasteiger partial charge >= 0.3 is 0 Å². The molecule has 4 nitrogen and oxygen atoms in total. The summed E-state index contributed by atoms with van der Waals surface area (Å²) in [4.78, 5) is 16.7. The zero-order chi connectivity index (χ0) is 10.0. The van der Waals surface area contributed by atoms with Gasteiger partial charge in [0.1, 0.15) is 5.41 Å². The Bertz CT molecular complexity index is 272. The second kappa shape index (κ2) is 3.58. The van der Waals surface area contributed by atoms with Crippen molar-refractivity contribution in [2.24, 2.45) is 5.41 Å². The first-order valence-corrected chi connectivity index (χ1v) is 5.14. The lowest BCUT2D eigenvalue weighted by Crippen LogP contribution is -2.34. The third kappa shape index (κ3) is 1.73. The van der Waals surface area contributed by atoms with Crippen molar-refractivity contribution in [1.82, 2.24) is 5.48 Å². The number of hydrogen-bond acceptors (Lipinski definition) is 3. The molecule has 2 saturated carbocycles. The van der Waals surface area contributed by atoms with E-state index in [4.69, 9.17) is 10.1 Å². The normalized spacial score (nSPS) is 24.2. The van der Waals surface area contributed by atoms with Crippen molar-refractivity contribution < 1.29 is 9.63 Å². The molecule has 1 amide bonds. The quantitative estimate of drug-likeness (QED) is 0.688. The lowest BCUT2D eigenvalue weighted by atomic mass is 10.1. The van der Waals surface area contributed by atoms with E-state index in [9.17, 15) is 4.79 Å². The Kier molecular flexibility index (Phi) is 2.42. The van der Waals surface area contributed by atoms with Crippen molar-refractivity contribution in [3.63, 3.8) is 0 Å². The van der Waals surface area contributed by atoms with Gasteiger partial charge in [-0.25, -0.2) is 5.48 Å². The van der Waals surface area contributed by atoms with Gasteiger partial charge in [0.2, 0.25) is 0 Å². The van der Waals surface area contributed by atoms with E-state index in [0.717, 1.165) is 12.8 Å². The number of hydrogen-bond donors (Lipinski definition) is 1. The van der Waals surface area contributed by atoms with Crippen LogP contribution in [0.2, 0.25) is 0 Å². The smallest absolute Gasteiger partial charge is 0.264 e. The number of nitrogens with zero attached hydrogens (tertiary/aromatic N) is 1. The summed E-state index contributed by atoms with van der Waals surface area (Å²) in [5, 5.41) is 8.75. The van der Waals surface area contributed by atoms with Crippen LogP contribution >= 0.6 is 0 Å². The van der Waals surface area contributed by atoms with Gasteiger partial charge in [0.15, 0.2) is 0 Å². The van der Waals surface area contributed by atoms with Crippen molar-refractivity contribution in [1.29, 1.82) is 5.26 Å². The number of carbonyl (C=O) groups is 1. The summed E-state index contributed by atoms with van der Waals surface area (Å²) in [5.41, 5.74) is 1.65. The second-order valence-corrected chi connectivity index (χ2v) is 4.15. The molecule has 2 rings (SSSR count). The van der Waals surface area contributed by atoms with Crippen LogP contribution in [0.4, 0.5) is 0 Å². The molecular weight excluding hydrogens is 180 g/mol. The summed E-state index contributed by atoms with van der Waals surface area (Å²) in [6, 6.07) is 2.04. The fourth-order valence-corrected chi connectivity index (χ4v) is 1.76. The number of nitriles is 1. The molecule has 14 heavy (non-hydrogen) atoms. The van der Waals surface area contributed by atoms with Crippen molar-refractivity contribution in [2.45, 2.75) is 44.6 Å². The third-order valence-electron chi connectivity index (χ3n) is 3.02. The van der Waals surface area contributed by atoms with Crippen LogP contribution in [0.25, 0.3) is 0 Å². The molecule has 76 valence electrons. The number of hydroxylamine groups is 1. The lowest BCUT2D eigenvalue weighted by molar-refractivity contribution is -0.141. The molecule has 4 heteroatoms. The van der Waals surface area contributed by atoms with E-state index in [-0.39, 0.29) is 12.0 Å². The average molecular weight is 194 g/mol. The maximum Gasteiger partial charge on any atom is 0.264 e. The standard InChI is InChI=1S/C10H14N2O2/c11-7-10(5-6-10)9(13)12-14-8-3-1-2-4-8/h8H,1-6H2,(H,12,13). The van der Waals surface area contributed by atoms with Gasteiger partial charge in [-0.1, -0.05) is 12.8 Å². The topological polar surface area (TPSA) is 62.1 Å². The summed E-state index contributed by atoms with van der Waals surface area (Å²) >= 11 is 0. The molecule has 0 spiro atoms. The summed E-state index contributed by atoms with van der Waals surface area (Å²) in [7, 11) is 0. The van der Waals surface area contributed by atoms with Crippen LogP contribution in [0.3, 0.4) is 0 Å². The van der Waals surface area contributed by atoms with Crippen LogP contribution in [0.1, 0.15) is 38.5 Å². The molecule has 0 radical (unpaired) electrons. The maximum atomic E-state index is 11.5. The van der Waals surface area contributed by atoms with Crippen molar-refractivity contribution >= 4 is 5.91 Å². The molecule has 2 aliphatic carbocycles. The largest absolute Gasteiger partial charge is 0.271 e. The van der Waals surface area contributed by atoms with Crippen LogP contribution in [0.15, 0.2) is 0 Å². The Morgan fingerprint density at radius 3 is 2.57 bits per heavy atom. The summed E-state index contributed by atoms with van der Waals surface area (Å²) in [6.45, 7) is 0. The van der Waals surface area contributed by atoms with Gasteiger partial charge in [-0.2, -0.15) is 5.26 Å². The highest BCUT2D eigenvalue weighted by molar-refractivity contribution is 5.87. The van der Waals surface area contributed by atoms with E-state index >= 15 is 0 Å². The van der Waals surface area contributed by atoms with Crippen LogP contribution in [-0.2, 0) is 9.63 Å². The highest BCUT2D eigenvalue weighted by Gasteiger charge is 2.51. The molecule has 0 aromatic rings. The molecule has 0 aromatic heterocycles. The van der Waals surface area contributed by atoms with Crippen molar-refractivity contribution in [2.75, 3.05) is 0 Å². The molecule has 2 aliphatic rings.